The molecule has 1 heterocycles. The third-order valence-corrected chi connectivity index (χ3v) is 5.49. The standard InChI is InChI=1S/C24H20ClN3O2/c1-27-20-15-9-7-13-18(20)21(16-10-4-3-5-11-16)26-22(24(27)30)28(2)23(29)17-12-6-8-14-19(17)25/h3-15,22H,1-2H3/t22-/m0/s1. The fourth-order valence-electron chi connectivity index (χ4n) is 3.52. The number of anilines is 1. The number of halogens is 1. The minimum atomic E-state index is -1.03. The Labute approximate surface area is 180 Å². The molecule has 0 fully saturated rings. The van der Waals surface area contributed by atoms with Gasteiger partial charge in [0.15, 0.2) is 0 Å². The lowest BCUT2D eigenvalue weighted by Gasteiger charge is -2.27. The third kappa shape index (κ3) is 3.48. The maximum Gasteiger partial charge on any atom is 0.272 e. The first-order valence-corrected chi connectivity index (χ1v) is 9.88. The van der Waals surface area contributed by atoms with Crippen molar-refractivity contribution in [2.45, 2.75) is 6.17 Å². The van der Waals surface area contributed by atoms with Crippen molar-refractivity contribution in [3.05, 3.63) is 101 Å². The first-order chi connectivity index (χ1) is 14.5. The second-order valence-corrected chi connectivity index (χ2v) is 7.43. The zero-order chi connectivity index (χ0) is 21.3. The highest BCUT2D eigenvalue weighted by atomic mass is 35.5. The molecule has 0 radical (unpaired) electrons. The molecule has 0 aliphatic carbocycles. The van der Waals surface area contributed by atoms with E-state index in [9.17, 15) is 9.59 Å². The molecule has 150 valence electrons. The molecule has 3 aromatic carbocycles. The average Bonchev–Trinajstić information content (AvgIpc) is 2.89. The normalized spacial score (nSPS) is 15.8. The Morgan fingerprint density at radius 2 is 1.60 bits per heavy atom. The summed E-state index contributed by atoms with van der Waals surface area (Å²) in [7, 11) is 3.27. The van der Waals surface area contributed by atoms with Gasteiger partial charge in [0.05, 0.1) is 22.0 Å². The molecule has 30 heavy (non-hydrogen) atoms. The summed E-state index contributed by atoms with van der Waals surface area (Å²) in [5.74, 6) is -0.661. The molecule has 1 atom stereocenters. The van der Waals surface area contributed by atoms with E-state index in [0.29, 0.717) is 16.3 Å². The predicted molar refractivity (Wildman–Crippen MR) is 119 cm³/mol. The highest BCUT2D eigenvalue weighted by molar-refractivity contribution is 6.34. The van der Waals surface area contributed by atoms with Crippen LogP contribution in [0.4, 0.5) is 5.69 Å². The summed E-state index contributed by atoms with van der Waals surface area (Å²) in [6.07, 6.45) is -1.03. The van der Waals surface area contributed by atoms with E-state index in [-0.39, 0.29) is 11.8 Å². The zero-order valence-electron chi connectivity index (χ0n) is 16.6. The van der Waals surface area contributed by atoms with Gasteiger partial charge in [0.1, 0.15) is 0 Å². The average molecular weight is 418 g/mol. The molecule has 2 amide bonds. The minimum absolute atomic E-state index is 0.295. The largest absolute Gasteiger partial charge is 0.311 e. The van der Waals surface area contributed by atoms with Gasteiger partial charge in [-0.2, -0.15) is 0 Å². The SMILES string of the molecule is CN1C(=O)[C@H](N(C)C(=O)c2ccccc2Cl)N=C(c2ccccc2)c2ccccc21. The molecule has 1 aliphatic heterocycles. The van der Waals surface area contributed by atoms with Crippen LogP contribution in [0.3, 0.4) is 0 Å². The summed E-state index contributed by atoms with van der Waals surface area (Å²) < 4.78 is 0. The summed E-state index contributed by atoms with van der Waals surface area (Å²) >= 11 is 6.22. The molecule has 4 rings (SSSR count). The number of benzene rings is 3. The molecule has 0 aromatic heterocycles. The molecule has 0 N–H and O–H groups in total. The number of likely N-dealkylation sites (N-methyl/N-ethyl adjacent to an activating group) is 2. The Balaban J connectivity index is 1.85. The van der Waals surface area contributed by atoms with Crippen LogP contribution in [0.2, 0.25) is 5.02 Å². The number of amides is 2. The molecule has 0 bridgehead atoms. The van der Waals surface area contributed by atoms with Crippen LogP contribution in [-0.2, 0) is 4.79 Å². The summed E-state index contributed by atoms with van der Waals surface area (Å²) in [5, 5.41) is 0.333. The highest BCUT2D eigenvalue weighted by Gasteiger charge is 2.35. The maximum absolute atomic E-state index is 13.3. The molecule has 0 unspecified atom stereocenters. The molecule has 0 saturated heterocycles. The molecule has 0 saturated carbocycles. The Hall–Kier alpha value is -3.44. The van der Waals surface area contributed by atoms with Crippen LogP contribution in [0.5, 0.6) is 0 Å². The van der Waals surface area contributed by atoms with Crippen LogP contribution >= 0.6 is 11.6 Å². The lowest BCUT2D eigenvalue weighted by atomic mass is 10.0. The van der Waals surface area contributed by atoms with E-state index in [1.165, 1.54) is 4.90 Å². The van der Waals surface area contributed by atoms with Gasteiger partial charge in [-0.25, -0.2) is 4.99 Å². The highest BCUT2D eigenvalue weighted by Crippen LogP contribution is 2.29. The topological polar surface area (TPSA) is 53.0 Å². The summed E-state index contributed by atoms with van der Waals surface area (Å²) in [5.41, 5.74) is 3.44. The van der Waals surface area contributed by atoms with Gasteiger partial charge in [-0.05, 0) is 18.2 Å². The van der Waals surface area contributed by atoms with Crippen LogP contribution in [0.25, 0.3) is 0 Å². The van der Waals surface area contributed by atoms with Crippen LogP contribution in [0, 0.1) is 0 Å². The second-order valence-electron chi connectivity index (χ2n) is 7.03. The van der Waals surface area contributed by atoms with Crippen molar-refractivity contribution in [2.75, 3.05) is 19.0 Å². The quantitative estimate of drug-likeness (QED) is 0.639. The number of benzodiazepines with no additional fused rings is 1. The summed E-state index contributed by atoms with van der Waals surface area (Å²) in [4.78, 5) is 34.2. The number of nitrogens with zero attached hydrogens (tertiary/aromatic N) is 3. The summed E-state index contributed by atoms with van der Waals surface area (Å²) in [6, 6.07) is 24.0. The Morgan fingerprint density at radius 3 is 2.33 bits per heavy atom. The van der Waals surface area contributed by atoms with Gasteiger partial charge in [-0.3, -0.25) is 9.59 Å². The van der Waals surface area contributed by atoms with Crippen LogP contribution in [0.1, 0.15) is 21.5 Å². The van der Waals surface area contributed by atoms with Gasteiger partial charge in [-0.15, -0.1) is 0 Å². The van der Waals surface area contributed by atoms with Crippen molar-refractivity contribution in [1.82, 2.24) is 4.90 Å². The number of aliphatic imine (C=N–C) groups is 1. The van der Waals surface area contributed by atoms with Crippen molar-refractivity contribution in [1.29, 1.82) is 0 Å². The molecule has 1 aliphatic rings. The number of fused-ring (bicyclic) bond motifs is 1. The van der Waals surface area contributed by atoms with E-state index >= 15 is 0 Å². The first-order valence-electron chi connectivity index (χ1n) is 9.51. The van der Waals surface area contributed by atoms with Gasteiger partial charge in [0, 0.05) is 25.2 Å². The van der Waals surface area contributed by atoms with E-state index < -0.39 is 6.17 Å². The molecular formula is C24H20ClN3O2. The summed E-state index contributed by atoms with van der Waals surface area (Å²) in [6.45, 7) is 0. The van der Waals surface area contributed by atoms with Crippen molar-refractivity contribution in [3.8, 4) is 0 Å². The van der Waals surface area contributed by atoms with Gasteiger partial charge in [0.2, 0.25) is 6.17 Å². The van der Waals surface area contributed by atoms with Crippen LogP contribution in [0.15, 0.2) is 83.9 Å². The number of hydrogen-bond donors (Lipinski definition) is 0. The van der Waals surface area contributed by atoms with Gasteiger partial charge >= 0.3 is 0 Å². The van der Waals surface area contributed by atoms with Crippen LogP contribution in [-0.4, -0.2) is 42.7 Å². The predicted octanol–water partition coefficient (Wildman–Crippen LogP) is 4.25. The Morgan fingerprint density at radius 1 is 0.967 bits per heavy atom. The van der Waals surface area contributed by atoms with E-state index in [1.54, 1.807) is 43.3 Å². The minimum Gasteiger partial charge on any atom is -0.311 e. The number of carbonyl (C=O) groups is 2. The first kappa shape index (κ1) is 19.9. The van der Waals surface area contributed by atoms with Gasteiger partial charge in [-0.1, -0.05) is 72.3 Å². The van der Waals surface area contributed by atoms with E-state index in [1.807, 2.05) is 54.6 Å². The van der Waals surface area contributed by atoms with Crippen LogP contribution < -0.4 is 4.90 Å². The fourth-order valence-corrected chi connectivity index (χ4v) is 3.74. The maximum atomic E-state index is 13.3. The zero-order valence-corrected chi connectivity index (χ0v) is 17.4. The molecule has 5 nitrogen and oxygen atoms in total. The Bertz CT molecular complexity index is 1140. The lowest BCUT2D eigenvalue weighted by Crippen LogP contribution is -2.47. The smallest absolute Gasteiger partial charge is 0.272 e. The second kappa shape index (κ2) is 8.13. The lowest BCUT2D eigenvalue weighted by molar-refractivity contribution is -0.122. The van der Waals surface area contributed by atoms with Gasteiger partial charge in [0.25, 0.3) is 11.8 Å². The van der Waals surface area contributed by atoms with Crippen molar-refractivity contribution < 1.29 is 9.59 Å². The fraction of sp³-hybridized carbons (Fsp3) is 0.125. The van der Waals surface area contributed by atoms with E-state index in [2.05, 4.69) is 0 Å². The van der Waals surface area contributed by atoms with Crippen molar-refractivity contribution in [3.63, 3.8) is 0 Å². The number of para-hydroxylation sites is 1. The molecule has 3 aromatic rings. The van der Waals surface area contributed by atoms with E-state index in [4.69, 9.17) is 16.6 Å². The number of carbonyl (C=O) groups excluding carboxylic acids is 2. The molecular weight excluding hydrogens is 398 g/mol. The molecule has 6 heteroatoms. The van der Waals surface area contributed by atoms with E-state index in [0.717, 1.165) is 16.8 Å². The number of rotatable bonds is 3. The van der Waals surface area contributed by atoms with Crippen molar-refractivity contribution in [2.24, 2.45) is 4.99 Å². The molecule has 0 spiro atoms. The van der Waals surface area contributed by atoms with Crippen molar-refractivity contribution >= 4 is 34.8 Å². The van der Waals surface area contributed by atoms with Gasteiger partial charge < -0.3 is 9.80 Å². The Kier molecular flexibility index (Phi) is 5.38. The monoisotopic (exact) mass is 417 g/mol. The number of hydrogen-bond acceptors (Lipinski definition) is 3. The third-order valence-electron chi connectivity index (χ3n) is 5.16.